The van der Waals surface area contributed by atoms with Crippen LogP contribution >= 0.6 is 7.82 Å². The molecule has 0 aromatic heterocycles. The van der Waals surface area contributed by atoms with Crippen molar-refractivity contribution in [3.8, 4) is 0 Å². The lowest BCUT2D eigenvalue weighted by Gasteiger charge is -2.19. The maximum absolute atomic E-state index is 12.6. The van der Waals surface area contributed by atoms with E-state index in [4.69, 9.17) is 24.3 Å². The summed E-state index contributed by atoms with van der Waals surface area (Å²) in [6, 6.07) is 0. The number of carbonyl (C=O) groups excluding carboxylic acids is 2. The lowest BCUT2D eigenvalue weighted by Crippen LogP contribution is -2.29. The molecule has 0 radical (unpaired) electrons. The van der Waals surface area contributed by atoms with Gasteiger partial charge < -0.3 is 20.1 Å². The van der Waals surface area contributed by atoms with Gasteiger partial charge in [-0.15, -0.1) is 0 Å². The van der Waals surface area contributed by atoms with Crippen LogP contribution in [-0.4, -0.2) is 49.3 Å². The van der Waals surface area contributed by atoms with E-state index in [0.717, 1.165) is 116 Å². The van der Waals surface area contributed by atoms with Crippen molar-refractivity contribution in [3.63, 3.8) is 0 Å². The van der Waals surface area contributed by atoms with E-state index in [1.165, 1.54) is 0 Å². The van der Waals surface area contributed by atoms with Gasteiger partial charge in [-0.1, -0.05) is 178 Å². The molecule has 0 aliphatic rings. The Kier molecular flexibility index (Phi) is 47.7. The minimum absolute atomic E-state index is 0.0319. The molecule has 0 aromatic carbocycles. The van der Waals surface area contributed by atoms with Crippen LogP contribution in [0.25, 0.3) is 0 Å². The van der Waals surface area contributed by atoms with Crippen LogP contribution in [0.15, 0.2) is 158 Å². The number of esters is 2. The third-order valence-electron chi connectivity index (χ3n) is 9.41. The Bertz CT molecular complexity index is 1640. The predicted molar refractivity (Wildman–Crippen MR) is 283 cm³/mol. The summed E-state index contributed by atoms with van der Waals surface area (Å²) in [5, 5.41) is 0. The molecule has 3 N–H and O–H groups in total. The molecule has 0 spiro atoms. The van der Waals surface area contributed by atoms with Gasteiger partial charge in [0.2, 0.25) is 0 Å². The molecular formula is C57H88NO8P. The van der Waals surface area contributed by atoms with Crippen LogP contribution in [0.2, 0.25) is 0 Å². The van der Waals surface area contributed by atoms with Crippen molar-refractivity contribution in [3.05, 3.63) is 158 Å². The molecule has 0 saturated heterocycles. The van der Waals surface area contributed by atoms with Crippen molar-refractivity contribution in [1.82, 2.24) is 0 Å². The van der Waals surface area contributed by atoms with Gasteiger partial charge in [0.15, 0.2) is 6.10 Å². The first kappa shape index (κ1) is 62.6. The lowest BCUT2D eigenvalue weighted by atomic mass is 10.1. The van der Waals surface area contributed by atoms with Crippen LogP contribution < -0.4 is 5.73 Å². The zero-order valence-electron chi connectivity index (χ0n) is 41.3. The zero-order valence-corrected chi connectivity index (χ0v) is 42.2. The second-order valence-electron chi connectivity index (χ2n) is 15.6. The molecule has 9 nitrogen and oxygen atoms in total. The minimum Gasteiger partial charge on any atom is -0.462 e. The summed E-state index contributed by atoms with van der Waals surface area (Å²) in [6.07, 6.45) is 74.3. The molecule has 2 unspecified atom stereocenters. The molecule has 0 bridgehead atoms. The average Bonchev–Trinajstić information content (AvgIpc) is 3.32. The topological polar surface area (TPSA) is 134 Å². The number of unbranched alkanes of at least 4 members (excludes halogenated alkanes) is 5. The monoisotopic (exact) mass is 946 g/mol. The van der Waals surface area contributed by atoms with E-state index < -0.39 is 32.5 Å². The smallest absolute Gasteiger partial charge is 0.462 e. The molecule has 0 amide bonds. The number of phosphoric acid groups is 1. The first-order valence-electron chi connectivity index (χ1n) is 25.0. The summed E-state index contributed by atoms with van der Waals surface area (Å²) in [4.78, 5) is 35.0. The van der Waals surface area contributed by atoms with E-state index in [2.05, 4.69) is 172 Å². The Morgan fingerprint density at radius 3 is 1.15 bits per heavy atom. The number of phosphoric ester groups is 1. The summed E-state index contributed by atoms with van der Waals surface area (Å²) in [5.41, 5.74) is 5.35. The van der Waals surface area contributed by atoms with Crippen LogP contribution in [0, 0.1) is 0 Å². The number of carbonyl (C=O) groups is 2. The Hall–Kier alpha value is -4.37. The highest BCUT2D eigenvalue weighted by atomic mass is 31.2. The van der Waals surface area contributed by atoms with Crippen LogP contribution in [0.3, 0.4) is 0 Å². The quantitative estimate of drug-likeness (QED) is 0.0265. The van der Waals surface area contributed by atoms with Crippen molar-refractivity contribution >= 4 is 19.8 Å². The number of hydrogen-bond acceptors (Lipinski definition) is 8. The van der Waals surface area contributed by atoms with E-state index >= 15 is 0 Å². The van der Waals surface area contributed by atoms with Gasteiger partial charge >= 0.3 is 19.8 Å². The van der Waals surface area contributed by atoms with E-state index in [9.17, 15) is 19.0 Å². The van der Waals surface area contributed by atoms with Gasteiger partial charge in [-0.2, -0.15) is 0 Å². The van der Waals surface area contributed by atoms with Crippen LogP contribution in [0.5, 0.6) is 0 Å². The van der Waals surface area contributed by atoms with E-state index in [0.29, 0.717) is 12.8 Å². The Morgan fingerprint density at radius 1 is 0.448 bits per heavy atom. The second-order valence-corrected chi connectivity index (χ2v) is 17.0. The Morgan fingerprint density at radius 2 is 0.776 bits per heavy atom. The highest BCUT2D eigenvalue weighted by Gasteiger charge is 2.26. The summed E-state index contributed by atoms with van der Waals surface area (Å²) in [5.74, 6) is -0.934. The van der Waals surface area contributed by atoms with Crippen molar-refractivity contribution in [1.29, 1.82) is 0 Å². The van der Waals surface area contributed by atoms with E-state index in [1.54, 1.807) is 0 Å². The van der Waals surface area contributed by atoms with Crippen molar-refractivity contribution in [2.75, 3.05) is 26.4 Å². The number of ether oxygens (including phenoxy) is 2. The fraction of sp³-hybridized carbons (Fsp3) is 0.509. The molecule has 67 heavy (non-hydrogen) atoms. The summed E-state index contributed by atoms with van der Waals surface area (Å²) in [7, 11) is -4.41. The zero-order chi connectivity index (χ0) is 48.8. The number of nitrogens with two attached hydrogens (primary N) is 1. The van der Waals surface area contributed by atoms with Gasteiger partial charge in [-0.25, -0.2) is 4.57 Å². The molecule has 2 atom stereocenters. The van der Waals surface area contributed by atoms with Crippen molar-refractivity contribution < 1.29 is 37.6 Å². The van der Waals surface area contributed by atoms with Gasteiger partial charge in [-0.3, -0.25) is 18.6 Å². The molecule has 0 aliphatic carbocycles. The molecule has 0 rings (SSSR count). The minimum atomic E-state index is -4.41. The van der Waals surface area contributed by atoms with Gasteiger partial charge in [0.25, 0.3) is 0 Å². The normalized spacial score (nSPS) is 14.5. The SMILES string of the molecule is CC/C=C\C/C=C\C/C=C\C/C=C\C/C=C\C/C=C\C/C=C\C/C=C\C/C=C\CCCCCC(=O)OC(COC(=O)CCCC/C=C\C/C=C\C/C=C\C/C=C\CC)COP(=O)(O)OCCN. The largest absolute Gasteiger partial charge is 0.472 e. The molecular weight excluding hydrogens is 858 g/mol. The number of allylic oxidation sites excluding steroid dienone is 26. The third kappa shape index (κ3) is 50.9. The Balaban J connectivity index is 4.22. The molecule has 0 fully saturated rings. The van der Waals surface area contributed by atoms with E-state index in [1.807, 2.05) is 0 Å². The molecule has 0 aliphatic heterocycles. The van der Waals surface area contributed by atoms with Crippen LogP contribution in [-0.2, 0) is 32.7 Å². The maximum atomic E-state index is 12.6. The van der Waals surface area contributed by atoms with Gasteiger partial charge in [0, 0.05) is 19.4 Å². The van der Waals surface area contributed by atoms with Crippen LogP contribution in [0.1, 0.15) is 155 Å². The molecule has 374 valence electrons. The number of hydrogen-bond donors (Lipinski definition) is 2. The van der Waals surface area contributed by atoms with Gasteiger partial charge in [-0.05, 0) is 122 Å². The lowest BCUT2D eigenvalue weighted by molar-refractivity contribution is -0.161. The highest BCUT2D eigenvalue weighted by Crippen LogP contribution is 2.43. The van der Waals surface area contributed by atoms with Crippen LogP contribution in [0.4, 0.5) is 0 Å². The van der Waals surface area contributed by atoms with Gasteiger partial charge in [0.05, 0.1) is 13.2 Å². The fourth-order valence-corrected chi connectivity index (χ4v) is 6.56. The second kappa shape index (κ2) is 51.0. The molecule has 0 saturated carbocycles. The highest BCUT2D eigenvalue weighted by molar-refractivity contribution is 7.47. The standard InChI is InChI=1S/C57H88NO8P/c1-3-5-7-9-11-13-15-17-19-20-21-22-23-24-25-26-27-28-29-30-31-32-33-34-36-38-40-42-44-46-48-50-57(60)66-55(54-65-67(61,62)64-52-51-58)53-63-56(59)49-47-45-43-41-39-37-35-18-16-14-12-10-8-6-4-2/h5-8,11-14,17-19,21-22,24-25,27-28,30-31,33-35,38-41,55H,3-4,9-10,15-16,20,23,26,29,32,36-37,42-54,58H2,1-2H3,(H,61,62)/b7-5-,8-6-,13-11-,14-12-,19-17-,22-21-,25-24-,28-27-,31-30-,34-33-,35-18-,40-38-,41-39-. The number of rotatable bonds is 44. The van der Waals surface area contributed by atoms with Crippen molar-refractivity contribution in [2.45, 2.75) is 161 Å². The van der Waals surface area contributed by atoms with E-state index in [-0.39, 0.29) is 32.6 Å². The van der Waals surface area contributed by atoms with Crippen molar-refractivity contribution in [2.24, 2.45) is 5.73 Å². The molecule has 0 heterocycles. The summed E-state index contributed by atoms with van der Waals surface area (Å²) in [6.45, 7) is 3.38. The van der Waals surface area contributed by atoms with Gasteiger partial charge in [0.1, 0.15) is 6.61 Å². The third-order valence-corrected chi connectivity index (χ3v) is 10.4. The Labute approximate surface area is 407 Å². The molecule has 10 heteroatoms. The molecule has 0 aromatic rings. The first-order valence-corrected chi connectivity index (χ1v) is 26.5. The predicted octanol–water partition coefficient (Wildman–Crippen LogP) is 15.4. The fourth-order valence-electron chi connectivity index (χ4n) is 5.79. The summed E-state index contributed by atoms with van der Waals surface area (Å²) >= 11 is 0. The average molecular weight is 946 g/mol. The maximum Gasteiger partial charge on any atom is 0.472 e. The first-order chi connectivity index (χ1) is 32.8. The summed E-state index contributed by atoms with van der Waals surface area (Å²) < 4.78 is 32.8.